The molecule has 6 atom stereocenters. The fourth-order valence-corrected chi connectivity index (χ4v) is 8.39. The Kier molecular flexibility index (Phi) is 9.20. The second-order valence-corrected chi connectivity index (χ2v) is 16.6. The van der Waals surface area contributed by atoms with Gasteiger partial charge in [0.1, 0.15) is 17.7 Å². The molecule has 11 nitrogen and oxygen atoms in total. The van der Waals surface area contributed by atoms with Gasteiger partial charge in [-0.2, -0.15) is 0 Å². The van der Waals surface area contributed by atoms with Crippen LogP contribution >= 0.6 is 0 Å². The third-order valence-corrected chi connectivity index (χ3v) is 12.5. The lowest BCUT2D eigenvalue weighted by atomic mass is 9.91. The first-order valence-electron chi connectivity index (χ1n) is 17.0. The lowest BCUT2D eigenvalue weighted by Gasteiger charge is -2.28. The number of sulfonamides is 1. The van der Waals surface area contributed by atoms with Gasteiger partial charge in [0.2, 0.25) is 27.7 Å². The molecule has 260 valence electrons. The molecule has 2 aliphatic heterocycles. The Bertz CT molecular complexity index is 1750. The van der Waals surface area contributed by atoms with E-state index in [4.69, 9.17) is 9.47 Å². The molecular formula is C35H45FN4O7S. The van der Waals surface area contributed by atoms with E-state index in [1.165, 1.54) is 11.0 Å². The molecule has 0 spiro atoms. The average molecular weight is 685 g/mol. The van der Waals surface area contributed by atoms with E-state index in [0.29, 0.717) is 36.1 Å². The number of nitrogens with zero attached hydrogens (tertiary/aromatic N) is 2. The fraction of sp³-hybridized carbons (Fsp3) is 0.600. The molecule has 2 aromatic rings. The van der Waals surface area contributed by atoms with Gasteiger partial charge in [-0.3, -0.25) is 19.1 Å². The molecule has 2 aliphatic carbocycles. The van der Waals surface area contributed by atoms with Crippen LogP contribution in [0.2, 0.25) is 0 Å². The number of hydrogen-bond acceptors (Lipinski definition) is 8. The summed E-state index contributed by atoms with van der Waals surface area (Å²) in [6, 6.07) is 3.63. The smallest absolute Gasteiger partial charge is 0.259 e. The van der Waals surface area contributed by atoms with Crippen molar-refractivity contribution in [1.29, 1.82) is 0 Å². The Labute approximate surface area is 281 Å². The number of carbonyl (C=O) groups is 3. The second kappa shape index (κ2) is 12.9. The summed E-state index contributed by atoms with van der Waals surface area (Å²) >= 11 is 0. The number of nitrogens with one attached hydrogen (secondary N) is 2. The third-order valence-electron chi connectivity index (χ3n) is 10.4. The quantitative estimate of drug-likeness (QED) is 0.409. The van der Waals surface area contributed by atoms with Crippen molar-refractivity contribution in [3.8, 4) is 11.6 Å². The minimum atomic E-state index is -3.94. The summed E-state index contributed by atoms with van der Waals surface area (Å²) < 4.78 is 53.8. The Morgan fingerprint density at radius 2 is 1.96 bits per heavy atom. The maximum Gasteiger partial charge on any atom is 0.259 e. The first-order valence-corrected chi connectivity index (χ1v) is 18.5. The second-order valence-electron chi connectivity index (χ2n) is 14.4. The summed E-state index contributed by atoms with van der Waals surface area (Å²) in [5.41, 5.74) is -1.45. The van der Waals surface area contributed by atoms with Gasteiger partial charge in [-0.25, -0.2) is 17.8 Å². The van der Waals surface area contributed by atoms with Gasteiger partial charge in [0.05, 0.1) is 17.9 Å². The van der Waals surface area contributed by atoms with Crippen molar-refractivity contribution in [2.75, 3.05) is 13.2 Å². The molecule has 2 N–H and O–H groups in total. The van der Waals surface area contributed by atoms with Crippen molar-refractivity contribution >= 4 is 38.5 Å². The first-order chi connectivity index (χ1) is 22.7. The van der Waals surface area contributed by atoms with Crippen molar-refractivity contribution < 1.29 is 36.7 Å². The highest BCUT2D eigenvalue weighted by molar-refractivity contribution is 7.91. The number of aromatic nitrogens is 1. The number of hydrogen-bond donors (Lipinski definition) is 2. The van der Waals surface area contributed by atoms with E-state index in [1.807, 2.05) is 19.1 Å². The van der Waals surface area contributed by atoms with Gasteiger partial charge < -0.3 is 19.7 Å². The largest absolute Gasteiger partial charge is 0.491 e. The first kappa shape index (κ1) is 34.1. The Morgan fingerprint density at radius 3 is 2.69 bits per heavy atom. The van der Waals surface area contributed by atoms with E-state index in [0.717, 1.165) is 19.3 Å². The zero-order chi connectivity index (χ0) is 34.4. The lowest BCUT2D eigenvalue weighted by molar-refractivity contribution is -0.140. The lowest BCUT2D eigenvalue weighted by Crippen LogP contribution is -2.57. The molecule has 1 saturated heterocycles. The molecule has 0 unspecified atom stereocenters. The van der Waals surface area contributed by atoms with E-state index >= 15 is 0 Å². The molecule has 13 heteroatoms. The number of ether oxygens (including phenoxy) is 2. The van der Waals surface area contributed by atoms with E-state index in [-0.39, 0.29) is 49.3 Å². The van der Waals surface area contributed by atoms with Crippen LogP contribution in [-0.4, -0.2) is 71.6 Å². The average Bonchev–Trinajstić information content (AvgIpc) is 3.90. The summed E-state index contributed by atoms with van der Waals surface area (Å²) in [7, 11) is -3.94. The van der Waals surface area contributed by atoms with Crippen LogP contribution in [0.5, 0.6) is 11.6 Å². The van der Waals surface area contributed by atoms with Crippen LogP contribution in [0, 0.1) is 23.6 Å². The standard InChI is InChI=1S/C35H45FN4O7S/c1-5-46-29-16-23-10-13-37-32(26(23)18-27(29)36)47-25-17-28-31(42)38-35(33(43)39-48(44,45)34(4)11-12-34)19-24(35)9-7-6-8-21(2)14-22(3)15-30(41)40(28)20-25/h7,9-10,13,16,18,21-22,24-25,28H,5-6,8,11-12,14-15,17,19-20H2,1-4H3,(H,38,42)(H,39,43)/b9-7-/t21-,22+,24+,25+,28-,35+/m0/s1. The van der Waals surface area contributed by atoms with E-state index in [2.05, 4.69) is 21.9 Å². The van der Waals surface area contributed by atoms with Crippen LogP contribution in [0.3, 0.4) is 0 Å². The fourth-order valence-electron chi connectivity index (χ4n) is 7.08. The number of rotatable bonds is 7. The van der Waals surface area contributed by atoms with E-state index < -0.39 is 56.0 Å². The van der Waals surface area contributed by atoms with Crippen molar-refractivity contribution in [1.82, 2.24) is 19.9 Å². The third kappa shape index (κ3) is 6.75. The van der Waals surface area contributed by atoms with Gasteiger partial charge >= 0.3 is 0 Å². The van der Waals surface area contributed by atoms with Gasteiger partial charge in [0, 0.05) is 30.3 Å². The van der Waals surface area contributed by atoms with Gasteiger partial charge in [0.15, 0.2) is 11.6 Å². The molecule has 1 aromatic heterocycles. The highest BCUT2D eigenvalue weighted by Gasteiger charge is 2.63. The van der Waals surface area contributed by atoms with Crippen LogP contribution in [0.15, 0.2) is 36.5 Å². The highest BCUT2D eigenvalue weighted by Crippen LogP contribution is 2.47. The van der Waals surface area contributed by atoms with Crippen molar-refractivity contribution in [2.45, 2.75) is 101 Å². The Balaban J connectivity index is 1.28. The monoisotopic (exact) mass is 684 g/mol. The topological polar surface area (TPSA) is 144 Å². The summed E-state index contributed by atoms with van der Waals surface area (Å²) in [5.74, 6) is -1.76. The molecule has 6 rings (SSSR count). The van der Waals surface area contributed by atoms with Crippen molar-refractivity contribution in [2.24, 2.45) is 17.8 Å². The molecule has 0 radical (unpaired) electrons. The summed E-state index contributed by atoms with van der Waals surface area (Å²) in [6.07, 6.45) is 8.79. The number of halogens is 1. The molecule has 3 fully saturated rings. The SMILES string of the molecule is CCOc1cc2ccnc(O[C@@H]3C[C@H]4C(=O)N[C@]5(C(=O)NS(=O)(=O)C6(C)CC6)C[C@H]5/C=C\CC[C@H](C)C[C@@H](C)CC(=O)N4C3)c2cc1F. The molecule has 1 aromatic carbocycles. The predicted octanol–water partition coefficient (Wildman–Crippen LogP) is 4.40. The molecular weight excluding hydrogens is 639 g/mol. The van der Waals surface area contributed by atoms with Crippen LogP contribution in [-0.2, 0) is 24.4 Å². The molecule has 2 saturated carbocycles. The molecule has 3 amide bonds. The summed E-state index contributed by atoms with van der Waals surface area (Å²) in [6.45, 7) is 7.94. The maximum atomic E-state index is 14.8. The molecule has 3 heterocycles. The molecule has 4 aliphatic rings. The number of carbonyl (C=O) groups excluding carboxylic acids is 3. The highest BCUT2D eigenvalue weighted by atomic mass is 32.2. The zero-order valence-corrected chi connectivity index (χ0v) is 28.8. The van der Waals surface area contributed by atoms with Crippen molar-refractivity contribution in [3.05, 3.63) is 42.4 Å². The van der Waals surface area contributed by atoms with Crippen LogP contribution in [0.25, 0.3) is 10.8 Å². The Morgan fingerprint density at radius 1 is 1.19 bits per heavy atom. The molecule has 48 heavy (non-hydrogen) atoms. The minimum Gasteiger partial charge on any atom is -0.491 e. The van der Waals surface area contributed by atoms with Gasteiger partial charge in [-0.1, -0.05) is 26.0 Å². The predicted molar refractivity (Wildman–Crippen MR) is 177 cm³/mol. The van der Waals surface area contributed by atoms with E-state index in [9.17, 15) is 27.2 Å². The normalized spacial score (nSPS) is 31.0. The van der Waals surface area contributed by atoms with Gasteiger partial charge in [-0.15, -0.1) is 0 Å². The summed E-state index contributed by atoms with van der Waals surface area (Å²) in [4.78, 5) is 47.4. The number of pyridine rings is 1. The number of benzene rings is 1. The number of amides is 3. The van der Waals surface area contributed by atoms with Crippen LogP contribution < -0.4 is 19.5 Å². The van der Waals surface area contributed by atoms with Crippen LogP contribution in [0.4, 0.5) is 4.39 Å². The van der Waals surface area contributed by atoms with Gasteiger partial charge in [0.25, 0.3) is 5.91 Å². The van der Waals surface area contributed by atoms with E-state index in [1.54, 1.807) is 32.2 Å². The zero-order valence-electron chi connectivity index (χ0n) is 28.0. The van der Waals surface area contributed by atoms with Gasteiger partial charge in [-0.05, 0) is 87.8 Å². The van der Waals surface area contributed by atoms with Crippen LogP contribution in [0.1, 0.15) is 79.1 Å². The minimum absolute atomic E-state index is 0.0760. The number of fused-ring (bicyclic) bond motifs is 3. The maximum absolute atomic E-state index is 14.8. The Hall–Kier alpha value is -3.74. The summed E-state index contributed by atoms with van der Waals surface area (Å²) in [5, 5.41) is 3.97. The number of allylic oxidation sites excluding steroid dienone is 1. The molecule has 0 bridgehead atoms. The van der Waals surface area contributed by atoms with Crippen molar-refractivity contribution in [3.63, 3.8) is 0 Å².